The molecular weight excluding hydrogens is 416 g/mol. The zero-order valence-electron chi connectivity index (χ0n) is 16.6. The third kappa shape index (κ3) is 5.71. The second-order valence-electron chi connectivity index (χ2n) is 6.46. The van der Waals surface area contributed by atoms with Gasteiger partial charge in [-0.05, 0) is 56.7 Å². The molecule has 2 rings (SSSR count). The fourth-order valence-corrected chi connectivity index (χ4v) is 4.18. The maximum absolute atomic E-state index is 12.8. The molecule has 0 radical (unpaired) electrons. The molecule has 29 heavy (non-hydrogen) atoms. The monoisotopic (exact) mass is 438 g/mol. The fourth-order valence-electron chi connectivity index (χ4n) is 2.79. The van der Waals surface area contributed by atoms with E-state index in [0.717, 1.165) is 10.6 Å². The van der Waals surface area contributed by atoms with Crippen LogP contribution in [0.5, 0.6) is 0 Å². The molecule has 0 saturated heterocycles. The van der Waals surface area contributed by atoms with Gasteiger partial charge in [-0.1, -0.05) is 23.7 Å². The van der Waals surface area contributed by atoms with Gasteiger partial charge in [-0.15, -0.1) is 0 Å². The minimum Gasteiger partial charge on any atom is -0.462 e. The third-order valence-electron chi connectivity index (χ3n) is 4.14. The molecule has 0 fully saturated rings. The Morgan fingerprint density at radius 3 is 2.52 bits per heavy atom. The number of carbonyl (C=O) groups excluding carboxylic acids is 2. The van der Waals surface area contributed by atoms with Crippen molar-refractivity contribution >= 4 is 44.9 Å². The van der Waals surface area contributed by atoms with Crippen LogP contribution in [-0.2, 0) is 19.6 Å². The van der Waals surface area contributed by atoms with E-state index in [9.17, 15) is 18.0 Å². The van der Waals surface area contributed by atoms with Crippen molar-refractivity contribution in [3.8, 4) is 0 Å². The van der Waals surface area contributed by atoms with Crippen LogP contribution in [-0.4, -0.2) is 39.2 Å². The maximum atomic E-state index is 12.8. The summed E-state index contributed by atoms with van der Waals surface area (Å²) >= 11 is 6.03. The number of halogens is 1. The molecule has 0 aromatic heterocycles. The van der Waals surface area contributed by atoms with Gasteiger partial charge in [0.05, 0.1) is 24.1 Å². The molecular formula is C20H23ClN2O5S. The van der Waals surface area contributed by atoms with Gasteiger partial charge in [0.15, 0.2) is 0 Å². The lowest BCUT2D eigenvalue weighted by Crippen LogP contribution is -2.45. The molecule has 156 valence electrons. The molecule has 0 bridgehead atoms. The predicted molar refractivity (Wildman–Crippen MR) is 114 cm³/mol. The summed E-state index contributed by atoms with van der Waals surface area (Å²) in [6.07, 6.45) is 1.03. The van der Waals surface area contributed by atoms with Crippen molar-refractivity contribution in [2.75, 3.05) is 22.5 Å². The summed E-state index contributed by atoms with van der Waals surface area (Å²) in [5, 5.41) is 3.01. The Hall–Kier alpha value is -2.58. The van der Waals surface area contributed by atoms with Crippen molar-refractivity contribution < 1.29 is 22.7 Å². The minimum atomic E-state index is -3.78. The maximum Gasteiger partial charge on any atom is 0.338 e. The van der Waals surface area contributed by atoms with Gasteiger partial charge in [-0.2, -0.15) is 0 Å². The zero-order chi connectivity index (χ0) is 21.8. The summed E-state index contributed by atoms with van der Waals surface area (Å²) in [6, 6.07) is 10.0. The molecule has 2 aromatic rings. The van der Waals surface area contributed by atoms with E-state index in [1.54, 1.807) is 44.2 Å². The number of rotatable bonds is 7. The predicted octanol–water partition coefficient (Wildman–Crippen LogP) is 3.62. The van der Waals surface area contributed by atoms with E-state index in [4.69, 9.17) is 16.3 Å². The van der Waals surface area contributed by atoms with E-state index in [1.165, 1.54) is 19.1 Å². The smallest absolute Gasteiger partial charge is 0.338 e. The summed E-state index contributed by atoms with van der Waals surface area (Å²) in [4.78, 5) is 24.7. The lowest BCUT2D eigenvalue weighted by atomic mass is 10.1. The van der Waals surface area contributed by atoms with Crippen LogP contribution in [0.15, 0.2) is 42.5 Å². The Balaban J connectivity index is 2.32. The van der Waals surface area contributed by atoms with Crippen molar-refractivity contribution in [3.63, 3.8) is 0 Å². The summed E-state index contributed by atoms with van der Waals surface area (Å²) in [5.41, 5.74) is 1.61. The summed E-state index contributed by atoms with van der Waals surface area (Å²) in [6.45, 7) is 5.14. The van der Waals surface area contributed by atoms with Gasteiger partial charge < -0.3 is 10.1 Å². The number of sulfonamides is 1. The average Bonchev–Trinajstić information content (AvgIpc) is 2.64. The number of nitrogens with zero attached hydrogens (tertiary/aromatic N) is 1. The highest BCUT2D eigenvalue weighted by Gasteiger charge is 2.30. The Morgan fingerprint density at radius 2 is 1.90 bits per heavy atom. The largest absolute Gasteiger partial charge is 0.462 e. The second-order valence-corrected chi connectivity index (χ2v) is 8.75. The first-order chi connectivity index (χ1) is 13.5. The minimum absolute atomic E-state index is 0.231. The van der Waals surface area contributed by atoms with Crippen LogP contribution < -0.4 is 9.62 Å². The zero-order valence-corrected chi connectivity index (χ0v) is 18.2. The Bertz CT molecular complexity index is 1020. The summed E-state index contributed by atoms with van der Waals surface area (Å²) in [5.74, 6) is -1.07. The highest BCUT2D eigenvalue weighted by atomic mass is 35.5. The molecule has 1 amide bonds. The fraction of sp³-hybridized carbons (Fsp3) is 0.300. The first kappa shape index (κ1) is 22.7. The van der Waals surface area contributed by atoms with Gasteiger partial charge in [-0.25, -0.2) is 13.2 Å². The highest BCUT2D eigenvalue weighted by Crippen LogP contribution is 2.28. The number of amides is 1. The second kappa shape index (κ2) is 9.28. The van der Waals surface area contributed by atoms with Crippen LogP contribution in [0.3, 0.4) is 0 Å². The van der Waals surface area contributed by atoms with Crippen LogP contribution >= 0.6 is 11.6 Å². The van der Waals surface area contributed by atoms with Gasteiger partial charge in [0.25, 0.3) is 0 Å². The molecule has 2 aromatic carbocycles. The Kier molecular flexibility index (Phi) is 7.26. The molecule has 1 N–H and O–H groups in total. The topological polar surface area (TPSA) is 92.8 Å². The lowest BCUT2D eigenvalue weighted by molar-refractivity contribution is -0.116. The number of hydrogen-bond donors (Lipinski definition) is 1. The number of hydrogen-bond acceptors (Lipinski definition) is 5. The quantitative estimate of drug-likeness (QED) is 0.666. The molecule has 7 nitrogen and oxygen atoms in total. The van der Waals surface area contributed by atoms with E-state index in [2.05, 4.69) is 5.32 Å². The number of carbonyl (C=O) groups is 2. The van der Waals surface area contributed by atoms with Gasteiger partial charge in [0.1, 0.15) is 6.04 Å². The molecule has 0 saturated carbocycles. The number of nitrogens with one attached hydrogen (secondary N) is 1. The number of benzene rings is 2. The van der Waals surface area contributed by atoms with E-state index in [1.807, 2.05) is 0 Å². The molecule has 0 spiro atoms. The van der Waals surface area contributed by atoms with Gasteiger partial charge >= 0.3 is 5.97 Å². The first-order valence-electron chi connectivity index (χ1n) is 8.88. The molecule has 0 aliphatic rings. The van der Waals surface area contributed by atoms with Crippen molar-refractivity contribution in [1.82, 2.24) is 0 Å². The van der Waals surface area contributed by atoms with Crippen LogP contribution in [0.2, 0.25) is 5.02 Å². The first-order valence-corrected chi connectivity index (χ1v) is 11.1. The molecule has 0 heterocycles. The molecule has 9 heteroatoms. The third-order valence-corrected chi connectivity index (χ3v) is 5.60. The number of ether oxygens (including phenoxy) is 1. The van der Waals surface area contributed by atoms with Crippen molar-refractivity contribution in [3.05, 3.63) is 58.6 Å². The van der Waals surface area contributed by atoms with Crippen molar-refractivity contribution in [2.24, 2.45) is 0 Å². The average molecular weight is 439 g/mol. The standard InChI is InChI=1S/C20H23ClN2O5S/c1-5-28-20(25)15-7-6-8-17(11-15)22-19(24)14(3)23(29(4,26)27)18-12-16(21)10-9-13(18)2/h6-12,14H,5H2,1-4H3,(H,22,24)/t14-/m0/s1. The Morgan fingerprint density at radius 1 is 1.21 bits per heavy atom. The van der Waals surface area contributed by atoms with E-state index in [0.29, 0.717) is 22.0 Å². The Labute approximate surface area is 175 Å². The van der Waals surface area contributed by atoms with E-state index in [-0.39, 0.29) is 12.2 Å². The highest BCUT2D eigenvalue weighted by molar-refractivity contribution is 7.92. The summed E-state index contributed by atoms with van der Waals surface area (Å²) < 4.78 is 30.9. The molecule has 0 aliphatic carbocycles. The molecule has 0 aliphatic heterocycles. The molecule has 0 unspecified atom stereocenters. The van der Waals surface area contributed by atoms with E-state index < -0.39 is 27.9 Å². The van der Waals surface area contributed by atoms with Crippen LogP contribution in [0.25, 0.3) is 0 Å². The van der Waals surface area contributed by atoms with Gasteiger partial charge in [-0.3, -0.25) is 9.10 Å². The number of aryl methyl sites for hydroxylation is 1. The van der Waals surface area contributed by atoms with Crippen LogP contribution in [0, 0.1) is 6.92 Å². The van der Waals surface area contributed by atoms with Crippen molar-refractivity contribution in [2.45, 2.75) is 26.8 Å². The van der Waals surface area contributed by atoms with Gasteiger partial charge in [0, 0.05) is 10.7 Å². The van der Waals surface area contributed by atoms with Crippen LogP contribution in [0.4, 0.5) is 11.4 Å². The van der Waals surface area contributed by atoms with Crippen LogP contribution in [0.1, 0.15) is 29.8 Å². The number of esters is 1. The molecule has 1 atom stereocenters. The summed E-state index contributed by atoms with van der Waals surface area (Å²) in [7, 11) is -3.78. The number of anilines is 2. The normalized spacial score (nSPS) is 12.2. The van der Waals surface area contributed by atoms with Crippen molar-refractivity contribution in [1.29, 1.82) is 0 Å². The van der Waals surface area contributed by atoms with E-state index >= 15 is 0 Å². The SMILES string of the molecule is CCOC(=O)c1cccc(NC(=O)[C@H](C)N(c2cc(Cl)ccc2C)S(C)(=O)=O)c1. The van der Waals surface area contributed by atoms with Gasteiger partial charge in [0.2, 0.25) is 15.9 Å². The lowest BCUT2D eigenvalue weighted by Gasteiger charge is -2.29.